The molecule has 48 heavy (non-hydrogen) atoms. The van der Waals surface area contributed by atoms with Crippen molar-refractivity contribution in [2.24, 2.45) is 0 Å². The molecule has 2 aromatic rings. The van der Waals surface area contributed by atoms with Gasteiger partial charge in [-0.15, -0.1) is 0 Å². The Morgan fingerprint density at radius 3 is 2.04 bits per heavy atom. The maximum atomic E-state index is 13.1. The molecule has 3 atom stereocenters. The van der Waals surface area contributed by atoms with Gasteiger partial charge in [-0.1, -0.05) is 31.2 Å². The Balaban J connectivity index is 2.13. The van der Waals surface area contributed by atoms with Crippen molar-refractivity contribution in [2.75, 3.05) is 6.61 Å². The Labute approximate surface area is 273 Å². The molecule has 0 aliphatic carbocycles. The molecule has 2 aromatic carbocycles. The Hall–Kier alpha value is -5.87. The molecule has 17 nitrogen and oxygen atoms in total. The minimum atomic E-state index is -1.65. The SMILES string of the molecule is CC[C@H](NC(=O)[C@@H](CCC(=O)O)NC(=O)Cc1ccc(O)c([N+](=O)[O-])c1)C(=O)N[C@@H](CC(=O)O)C(=O)COC(=O)c1c(C)cccc1C. The molecule has 6 N–H and O–H groups in total. The van der Waals surface area contributed by atoms with Gasteiger partial charge in [0.1, 0.15) is 18.1 Å². The number of aromatic hydroxyl groups is 1. The number of nitrogens with one attached hydrogen (secondary N) is 3. The topological polar surface area (TPSA) is 269 Å². The number of hydrogen-bond donors (Lipinski definition) is 6. The summed E-state index contributed by atoms with van der Waals surface area (Å²) in [6.07, 6.45) is -2.41. The second-order valence-electron chi connectivity index (χ2n) is 10.7. The van der Waals surface area contributed by atoms with E-state index in [1.165, 1.54) is 13.0 Å². The zero-order chi connectivity index (χ0) is 36.1. The van der Waals surface area contributed by atoms with Crippen LogP contribution in [0.1, 0.15) is 59.7 Å². The Bertz CT molecular complexity index is 1570. The number of aliphatic carboxylic acids is 2. The van der Waals surface area contributed by atoms with E-state index in [1.807, 2.05) is 0 Å². The normalized spacial score (nSPS) is 12.5. The number of benzene rings is 2. The number of amides is 3. The van der Waals surface area contributed by atoms with Crippen LogP contribution >= 0.6 is 0 Å². The fourth-order valence-corrected chi connectivity index (χ4v) is 4.56. The maximum Gasteiger partial charge on any atom is 0.339 e. The van der Waals surface area contributed by atoms with E-state index in [-0.39, 0.29) is 17.5 Å². The van der Waals surface area contributed by atoms with Gasteiger partial charge >= 0.3 is 23.6 Å². The number of aryl methyl sites for hydroxylation is 2. The summed E-state index contributed by atoms with van der Waals surface area (Å²) in [5, 5.41) is 46.1. The number of hydrogen-bond acceptors (Lipinski definition) is 11. The third-order valence-electron chi connectivity index (χ3n) is 7.06. The summed E-state index contributed by atoms with van der Waals surface area (Å²) < 4.78 is 5.09. The highest BCUT2D eigenvalue weighted by molar-refractivity contribution is 5.98. The molecule has 0 fully saturated rings. The zero-order valence-electron chi connectivity index (χ0n) is 26.3. The molecule has 0 saturated heterocycles. The van der Waals surface area contributed by atoms with Gasteiger partial charge in [-0.3, -0.25) is 38.9 Å². The minimum absolute atomic E-state index is 0.0795. The Morgan fingerprint density at radius 1 is 0.875 bits per heavy atom. The summed E-state index contributed by atoms with van der Waals surface area (Å²) in [5.41, 5.74) is 0.857. The average molecular weight is 673 g/mol. The number of ketones is 1. The van der Waals surface area contributed by atoms with E-state index in [4.69, 9.17) is 9.84 Å². The van der Waals surface area contributed by atoms with Crippen LogP contribution in [-0.2, 0) is 39.9 Å². The number of nitro groups is 1. The molecule has 0 heterocycles. The van der Waals surface area contributed by atoms with E-state index >= 15 is 0 Å². The first-order valence-corrected chi connectivity index (χ1v) is 14.6. The number of nitro benzene ring substituents is 1. The second-order valence-corrected chi connectivity index (χ2v) is 10.7. The molecule has 0 radical (unpaired) electrons. The van der Waals surface area contributed by atoms with Gasteiger partial charge in [-0.05, 0) is 49.4 Å². The van der Waals surface area contributed by atoms with Gasteiger partial charge in [-0.2, -0.15) is 0 Å². The first kappa shape index (κ1) is 38.3. The van der Waals surface area contributed by atoms with Crippen molar-refractivity contribution in [3.8, 4) is 5.75 Å². The predicted molar refractivity (Wildman–Crippen MR) is 165 cm³/mol. The third kappa shape index (κ3) is 11.5. The quantitative estimate of drug-likeness (QED) is 0.0736. The number of carboxylic acid groups (broad SMARTS) is 2. The highest BCUT2D eigenvalue weighted by Crippen LogP contribution is 2.26. The van der Waals surface area contributed by atoms with Crippen molar-refractivity contribution < 1.29 is 58.5 Å². The Kier molecular flexibility index (Phi) is 14.1. The number of rotatable bonds is 18. The van der Waals surface area contributed by atoms with Gasteiger partial charge in [0.25, 0.3) is 0 Å². The van der Waals surface area contributed by atoms with E-state index in [0.29, 0.717) is 11.1 Å². The van der Waals surface area contributed by atoms with Crippen LogP contribution in [0.3, 0.4) is 0 Å². The standard InChI is InChI=1S/C31H36N4O13/c1-4-19(29(43)34-21(14-27(41)42)24(37)15-48-31(45)28-16(2)6-5-7-17(28)3)33-30(44)20(9-11-26(39)40)32-25(38)13-18-8-10-23(36)22(12-18)35(46)47/h5-8,10,12,19-21,36H,4,9,11,13-15H2,1-3H3,(H,32,38)(H,33,44)(H,34,43)(H,39,40)(H,41,42)/t19-,20+,21-/m0/s1. The lowest BCUT2D eigenvalue weighted by atomic mass is 10.0. The number of carbonyl (C=O) groups excluding carboxylic acids is 5. The van der Waals surface area contributed by atoms with Gasteiger partial charge in [0.05, 0.1) is 23.3 Å². The van der Waals surface area contributed by atoms with Gasteiger partial charge in [0, 0.05) is 12.5 Å². The molecule has 0 aliphatic heterocycles. The summed E-state index contributed by atoms with van der Waals surface area (Å²) in [7, 11) is 0. The third-order valence-corrected chi connectivity index (χ3v) is 7.06. The zero-order valence-corrected chi connectivity index (χ0v) is 26.3. The first-order chi connectivity index (χ1) is 22.5. The van der Waals surface area contributed by atoms with Crippen LogP contribution in [0.15, 0.2) is 36.4 Å². The van der Waals surface area contributed by atoms with E-state index in [9.17, 15) is 53.9 Å². The number of esters is 1. The average Bonchev–Trinajstić information content (AvgIpc) is 3.00. The number of nitrogens with zero attached hydrogens (tertiary/aromatic N) is 1. The molecule has 0 aromatic heterocycles. The van der Waals surface area contributed by atoms with E-state index < -0.39 is 108 Å². The summed E-state index contributed by atoms with van der Waals surface area (Å²) in [5.74, 6) is -7.93. The van der Waals surface area contributed by atoms with E-state index in [1.54, 1.807) is 32.0 Å². The molecular formula is C31H36N4O13. The summed E-state index contributed by atoms with van der Waals surface area (Å²) >= 11 is 0. The number of carboxylic acids is 2. The predicted octanol–water partition coefficient (Wildman–Crippen LogP) is 1.09. The second kappa shape index (κ2) is 17.7. The molecule has 0 spiro atoms. The van der Waals surface area contributed by atoms with Crippen LogP contribution < -0.4 is 16.0 Å². The highest BCUT2D eigenvalue weighted by atomic mass is 16.6. The molecule has 17 heteroatoms. The molecule has 0 unspecified atom stereocenters. The fraction of sp³-hybridized carbons (Fsp3) is 0.387. The Morgan fingerprint density at radius 2 is 1.48 bits per heavy atom. The molecular weight excluding hydrogens is 636 g/mol. The lowest BCUT2D eigenvalue weighted by Gasteiger charge is -2.24. The molecule has 0 aliphatic rings. The molecule has 2 rings (SSSR count). The van der Waals surface area contributed by atoms with Gasteiger partial charge in [-0.25, -0.2) is 4.79 Å². The van der Waals surface area contributed by atoms with Crippen molar-refractivity contribution in [1.82, 2.24) is 16.0 Å². The number of Topliss-reactive ketones (excluding diaryl/α,β-unsaturated/α-hetero) is 1. The molecule has 0 saturated carbocycles. The van der Waals surface area contributed by atoms with Gasteiger partial charge in [0.15, 0.2) is 18.1 Å². The number of ether oxygens (including phenoxy) is 1. The summed E-state index contributed by atoms with van der Waals surface area (Å²) in [6, 6.07) is 3.76. The number of phenolic OH excluding ortho intramolecular Hbond substituents is 1. The van der Waals surface area contributed by atoms with Crippen molar-refractivity contribution in [2.45, 2.75) is 71.0 Å². The van der Waals surface area contributed by atoms with Crippen molar-refractivity contribution in [3.05, 3.63) is 68.8 Å². The van der Waals surface area contributed by atoms with E-state index in [0.717, 1.165) is 12.1 Å². The maximum absolute atomic E-state index is 13.1. The highest BCUT2D eigenvalue weighted by Gasteiger charge is 2.31. The van der Waals surface area contributed by atoms with Crippen molar-refractivity contribution >= 4 is 47.1 Å². The van der Waals surface area contributed by atoms with Crippen LogP contribution in [-0.4, -0.2) is 86.4 Å². The van der Waals surface area contributed by atoms with Crippen molar-refractivity contribution in [1.29, 1.82) is 0 Å². The van der Waals surface area contributed by atoms with Gasteiger partial charge < -0.3 is 36.0 Å². The van der Waals surface area contributed by atoms with E-state index in [2.05, 4.69) is 16.0 Å². The van der Waals surface area contributed by atoms with Gasteiger partial charge in [0.2, 0.25) is 17.7 Å². The fourth-order valence-electron chi connectivity index (χ4n) is 4.56. The molecule has 0 bridgehead atoms. The summed E-state index contributed by atoms with van der Waals surface area (Å²) in [6.45, 7) is 3.95. The number of phenols is 1. The lowest BCUT2D eigenvalue weighted by molar-refractivity contribution is -0.385. The van der Waals surface area contributed by atoms with Crippen LogP contribution in [0.5, 0.6) is 5.75 Å². The summed E-state index contributed by atoms with van der Waals surface area (Å²) in [4.78, 5) is 97.3. The van der Waals surface area contributed by atoms with Crippen LogP contribution in [0.2, 0.25) is 0 Å². The number of carbonyl (C=O) groups is 7. The first-order valence-electron chi connectivity index (χ1n) is 14.6. The van der Waals surface area contributed by atoms with Crippen molar-refractivity contribution in [3.63, 3.8) is 0 Å². The largest absolute Gasteiger partial charge is 0.502 e. The molecule has 3 amide bonds. The van der Waals surface area contributed by atoms with Crippen LogP contribution in [0, 0.1) is 24.0 Å². The lowest BCUT2D eigenvalue weighted by Crippen LogP contribution is -2.56. The minimum Gasteiger partial charge on any atom is -0.502 e. The van der Waals surface area contributed by atoms with Crippen LogP contribution in [0.25, 0.3) is 0 Å². The monoisotopic (exact) mass is 672 g/mol. The smallest absolute Gasteiger partial charge is 0.339 e. The molecule has 258 valence electrons. The van der Waals surface area contributed by atoms with Crippen LogP contribution in [0.4, 0.5) is 5.69 Å².